The van der Waals surface area contributed by atoms with E-state index in [2.05, 4.69) is 24.3 Å². The second kappa shape index (κ2) is 10.4. The number of fused-ring (bicyclic) bond motifs is 2. The van der Waals surface area contributed by atoms with Crippen molar-refractivity contribution in [3.05, 3.63) is 119 Å². The minimum Gasteiger partial charge on any atom is -0.192 e. The van der Waals surface area contributed by atoms with E-state index in [9.17, 15) is 21.0 Å². The van der Waals surface area contributed by atoms with Crippen molar-refractivity contribution in [3.63, 3.8) is 0 Å². The molecule has 0 aliphatic carbocycles. The Morgan fingerprint density at radius 1 is 0.447 bits per heavy atom. The molecule has 0 amide bonds. The number of allylic oxidation sites excluding steroid dienone is 2. The van der Waals surface area contributed by atoms with Gasteiger partial charge in [0.25, 0.3) is 0 Å². The largest absolute Gasteiger partial charge is 0.192 e. The van der Waals surface area contributed by atoms with E-state index < -0.39 is 0 Å². The third kappa shape index (κ3) is 4.63. The summed E-state index contributed by atoms with van der Waals surface area (Å²) >= 11 is 0. The van der Waals surface area contributed by atoms with E-state index >= 15 is 0 Å². The highest BCUT2D eigenvalue weighted by atomic mass is 14.3. The Labute approximate surface area is 220 Å². The first-order chi connectivity index (χ1) is 18.6. The van der Waals surface area contributed by atoms with Gasteiger partial charge in [-0.3, -0.25) is 0 Å². The average molecular weight is 483 g/mol. The van der Waals surface area contributed by atoms with E-state index in [-0.39, 0.29) is 11.1 Å². The second-order valence-corrected chi connectivity index (χ2v) is 8.72. The fraction of sp³-hybridized carbons (Fsp3) is 0. The van der Waals surface area contributed by atoms with Gasteiger partial charge in [-0.15, -0.1) is 0 Å². The molecule has 0 spiro atoms. The normalized spacial score (nSPS) is 10.0. The first-order valence-corrected chi connectivity index (χ1v) is 11.8. The number of benzene rings is 5. The van der Waals surface area contributed by atoms with Crippen molar-refractivity contribution in [3.8, 4) is 46.5 Å². The molecule has 0 heterocycles. The maximum absolute atomic E-state index is 9.38. The highest BCUT2D eigenvalue weighted by Gasteiger charge is 2.12. The molecule has 0 unspecified atom stereocenters. The van der Waals surface area contributed by atoms with Crippen LogP contribution in [0.4, 0.5) is 0 Å². The summed E-state index contributed by atoms with van der Waals surface area (Å²) in [6.45, 7) is 0. The molecule has 0 atom stereocenters. The predicted molar refractivity (Wildman–Crippen MR) is 151 cm³/mol. The number of rotatable bonds is 4. The van der Waals surface area contributed by atoms with Gasteiger partial charge in [0, 0.05) is 0 Å². The molecule has 0 fully saturated rings. The van der Waals surface area contributed by atoms with Gasteiger partial charge in [0.05, 0.1) is 0 Å². The van der Waals surface area contributed by atoms with E-state index in [4.69, 9.17) is 0 Å². The van der Waals surface area contributed by atoms with Crippen molar-refractivity contribution >= 4 is 33.7 Å². The predicted octanol–water partition coefficient (Wildman–Crippen LogP) is 8.19. The topological polar surface area (TPSA) is 95.2 Å². The summed E-state index contributed by atoms with van der Waals surface area (Å²) in [5, 5.41) is 41.4. The molecule has 174 valence electrons. The van der Waals surface area contributed by atoms with Gasteiger partial charge in [0.2, 0.25) is 0 Å². The molecule has 0 N–H and O–H groups in total. The Hall–Kier alpha value is -5.94. The lowest BCUT2D eigenvalue weighted by molar-refractivity contribution is 1.47. The summed E-state index contributed by atoms with van der Waals surface area (Å²) < 4.78 is 0. The Morgan fingerprint density at radius 3 is 1.13 bits per heavy atom. The van der Waals surface area contributed by atoms with Crippen LogP contribution in [0, 0.1) is 45.3 Å². The summed E-state index contributed by atoms with van der Waals surface area (Å²) in [7, 11) is 0. The maximum atomic E-state index is 9.38. The summed E-state index contributed by atoms with van der Waals surface area (Å²) in [6.07, 6.45) is 3.25. The highest BCUT2D eigenvalue weighted by molar-refractivity contribution is 6.04. The molecular formula is C34H18N4. The molecule has 0 bridgehead atoms. The van der Waals surface area contributed by atoms with E-state index in [0.717, 1.165) is 54.9 Å². The summed E-state index contributed by atoms with van der Waals surface area (Å²) in [4.78, 5) is 0. The number of hydrogen-bond acceptors (Lipinski definition) is 4. The zero-order valence-electron chi connectivity index (χ0n) is 20.2. The molecular weight excluding hydrogens is 464 g/mol. The molecule has 5 rings (SSSR count). The van der Waals surface area contributed by atoms with E-state index in [1.54, 1.807) is 12.2 Å². The summed E-state index contributed by atoms with van der Waals surface area (Å²) in [5.74, 6) is 0. The molecule has 0 radical (unpaired) electrons. The van der Waals surface area contributed by atoms with Gasteiger partial charge in [0.1, 0.15) is 35.4 Å². The lowest BCUT2D eigenvalue weighted by Gasteiger charge is -2.13. The third-order valence-electron chi connectivity index (χ3n) is 6.38. The van der Waals surface area contributed by atoms with Gasteiger partial charge in [-0.1, -0.05) is 60.7 Å². The van der Waals surface area contributed by atoms with Crippen LogP contribution in [0.25, 0.3) is 56.0 Å². The van der Waals surface area contributed by atoms with Crippen molar-refractivity contribution in [2.24, 2.45) is 0 Å². The molecule has 0 aromatic heterocycles. The Kier molecular flexibility index (Phi) is 6.48. The number of nitrogens with zero attached hydrogens (tertiary/aromatic N) is 4. The third-order valence-corrected chi connectivity index (χ3v) is 6.38. The minimum absolute atomic E-state index is 0.0379. The molecule has 0 aliphatic heterocycles. The zero-order chi connectivity index (χ0) is 26.5. The van der Waals surface area contributed by atoms with Crippen molar-refractivity contribution in [1.29, 1.82) is 21.0 Å². The monoisotopic (exact) mass is 482 g/mol. The van der Waals surface area contributed by atoms with E-state index in [1.165, 1.54) is 0 Å². The van der Waals surface area contributed by atoms with Crippen LogP contribution in [-0.4, -0.2) is 0 Å². The van der Waals surface area contributed by atoms with E-state index in [1.807, 2.05) is 97.1 Å². The van der Waals surface area contributed by atoms with Crippen LogP contribution in [0.2, 0.25) is 0 Å². The summed E-state index contributed by atoms with van der Waals surface area (Å²) in [5.41, 5.74) is 5.44. The van der Waals surface area contributed by atoms with Crippen LogP contribution in [0.3, 0.4) is 0 Å². The Morgan fingerprint density at radius 2 is 0.789 bits per heavy atom. The molecule has 0 saturated heterocycles. The average Bonchev–Trinajstić information content (AvgIpc) is 2.97. The first-order valence-electron chi connectivity index (χ1n) is 11.8. The van der Waals surface area contributed by atoms with Crippen molar-refractivity contribution < 1.29 is 0 Å². The molecule has 4 heteroatoms. The van der Waals surface area contributed by atoms with Gasteiger partial charge in [-0.25, -0.2) is 0 Å². The lowest BCUT2D eigenvalue weighted by Crippen LogP contribution is -1.89. The molecule has 4 nitrogen and oxygen atoms in total. The molecule has 0 saturated carbocycles. The minimum atomic E-state index is 0.0379. The van der Waals surface area contributed by atoms with Crippen molar-refractivity contribution in [1.82, 2.24) is 0 Å². The van der Waals surface area contributed by atoms with Crippen LogP contribution in [0.1, 0.15) is 11.1 Å². The standard InChI is InChI=1S/C34H18N4/c35-19-23(20-36)11-31-15-27-14-30-18-34(26-9-5-2-6-10-26)32(12-24(21-37)22-38)16-28(30)13-29(27)17-33(31)25-7-3-1-4-8-25/h1-18H. The molecule has 0 aliphatic rings. The van der Waals surface area contributed by atoms with Crippen LogP contribution < -0.4 is 0 Å². The quantitative estimate of drug-likeness (QED) is 0.190. The number of nitriles is 4. The van der Waals surface area contributed by atoms with E-state index in [0.29, 0.717) is 0 Å². The Balaban J connectivity index is 1.82. The van der Waals surface area contributed by atoms with Crippen LogP contribution in [0.15, 0.2) is 108 Å². The van der Waals surface area contributed by atoms with Crippen LogP contribution >= 0.6 is 0 Å². The molecule has 38 heavy (non-hydrogen) atoms. The molecule has 5 aromatic rings. The van der Waals surface area contributed by atoms with Gasteiger partial charge in [-0.2, -0.15) is 21.0 Å². The Bertz CT molecular complexity index is 1760. The second-order valence-electron chi connectivity index (χ2n) is 8.72. The van der Waals surface area contributed by atoms with Crippen LogP contribution in [0.5, 0.6) is 0 Å². The fourth-order valence-corrected chi connectivity index (χ4v) is 4.60. The zero-order valence-corrected chi connectivity index (χ0v) is 20.2. The smallest absolute Gasteiger partial charge is 0.130 e. The lowest BCUT2D eigenvalue weighted by atomic mass is 9.90. The van der Waals surface area contributed by atoms with Gasteiger partial charge < -0.3 is 0 Å². The van der Waals surface area contributed by atoms with Gasteiger partial charge in [0.15, 0.2) is 0 Å². The number of hydrogen-bond donors (Lipinski definition) is 0. The van der Waals surface area contributed by atoms with Gasteiger partial charge >= 0.3 is 0 Å². The highest BCUT2D eigenvalue weighted by Crippen LogP contribution is 2.36. The van der Waals surface area contributed by atoms with Crippen molar-refractivity contribution in [2.75, 3.05) is 0 Å². The molecule has 5 aromatic carbocycles. The van der Waals surface area contributed by atoms with Crippen molar-refractivity contribution in [2.45, 2.75) is 0 Å². The SMILES string of the molecule is N#CC(C#N)=Cc1cc2cc3cc(-c4ccccc4)c(C=C(C#N)C#N)cc3cc2cc1-c1ccccc1. The summed E-state index contributed by atoms with van der Waals surface area (Å²) in [6, 6.07) is 39.9. The van der Waals surface area contributed by atoms with Crippen LogP contribution in [-0.2, 0) is 0 Å². The maximum Gasteiger partial charge on any atom is 0.130 e. The fourth-order valence-electron chi connectivity index (χ4n) is 4.60. The van der Waals surface area contributed by atoms with Gasteiger partial charge in [-0.05, 0) is 103 Å². The first kappa shape index (κ1) is 23.8.